The molecule has 0 atom stereocenters. The number of carbonyl (C=O) groups is 2. The zero-order chi connectivity index (χ0) is 21.3. The van der Waals surface area contributed by atoms with Crippen LogP contribution >= 0.6 is 15.9 Å². The number of halogens is 3. The Bertz CT molecular complexity index is 1000. The third-order valence-electron chi connectivity index (χ3n) is 4.82. The van der Waals surface area contributed by atoms with Gasteiger partial charge in [-0.25, -0.2) is 0 Å². The van der Waals surface area contributed by atoms with Crippen LogP contribution in [0.25, 0.3) is 6.08 Å². The van der Waals surface area contributed by atoms with Crippen LogP contribution in [-0.4, -0.2) is 54.1 Å². The minimum absolute atomic E-state index is 0.107. The van der Waals surface area contributed by atoms with Gasteiger partial charge in [-0.2, -0.15) is 0 Å². The molecule has 2 aliphatic heterocycles. The van der Waals surface area contributed by atoms with Gasteiger partial charge in [0.1, 0.15) is 0 Å². The Hall–Kier alpha value is -2.94. The van der Waals surface area contributed by atoms with E-state index in [9.17, 15) is 18.4 Å². The molecule has 2 aliphatic rings. The average molecular weight is 479 g/mol. The van der Waals surface area contributed by atoms with E-state index in [1.165, 1.54) is 24.3 Å². The van der Waals surface area contributed by atoms with Crippen LogP contribution in [-0.2, 0) is 4.79 Å². The molecule has 0 bridgehead atoms. The summed E-state index contributed by atoms with van der Waals surface area (Å²) in [6.45, 7) is 1.47. The van der Waals surface area contributed by atoms with Gasteiger partial charge in [0, 0.05) is 42.3 Å². The predicted molar refractivity (Wildman–Crippen MR) is 108 cm³/mol. The van der Waals surface area contributed by atoms with E-state index in [4.69, 9.17) is 0 Å². The van der Waals surface area contributed by atoms with Crippen molar-refractivity contribution in [1.82, 2.24) is 9.80 Å². The van der Waals surface area contributed by atoms with E-state index in [1.807, 2.05) is 24.3 Å². The van der Waals surface area contributed by atoms with Gasteiger partial charge >= 0.3 is 6.29 Å². The molecular formula is C21H17BrF2N2O4. The maximum atomic E-state index is 13.1. The van der Waals surface area contributed by atoms with E-state index in [0.717, 1.165) is 10.0 Å². The van der Waals surface area contributed by atoms with Crippen LogP contribution in [0.4, 0.5) is 8.78 Å². The summed E-state index contributed by atoms with van der Waals surface area (Å²) in [6.07, 6.45) is -0.465. The number of carbonyl (C=O) groups excluding carboxylic acids is 2. The van der Waals surface area contributed by atoms with E-state index in [0.29, 0.717) is 26.2 Å². The molecule has 6 nitrogen and oxygen atoms in total. The van der Waals surface area contributed by atoms with Crippen molar-refractivity contribution in [2.24, 2.45) is 0 Å². The molecule has 1 saturated heterocycles. The third kappa shape index (κ3) is 4.46. The van der Waals surface area contributed by atoms with Gasteiger partial charge in [-0.1, -0.05) is 28.1 Å². The molecule has 30 heavy (non-hydrogen) atoms. The molecule has 2 aromatic carbocycles. The first-order valence-corrected chi connectivity index (χ1v) is 10.0. The van der Waals surface area contributed by atoms with Crippen LogP contribution in [0, 0.1) is 0 Å². The Labute approximate surface area is 179 Å². The van der Waals surface area contributed by atoms with Gasteiger partial charge < -0.3 is 19.3 Å². The van der Waals surface area contributed by atoms with Gasteiger partial charge in [-0.15, -0.1) is 8.78 Å². The van der Waals surface area contributed by atoms with Crippen molar-refractivity contribution in [1.29, 1.82) is 0 Å². The molecular weight excluding hydrogens is 462 g/mol. The fourth-order valence-electron chi connectivity index (χ4n) is 3.24. The standard InChI is InChI=1S/C21H17BrF2N2O4/c22-16-5-1-14(2-6-16)3-8-19(27)25-9-11-26(12-10-25)20(28)15-4-7-17-18(13-15)30-21(23,24)29-17/h1-8,13H,9-12H2/b8-3+. The number of piperazine rings is 1. The molecule has 0 aromatic heterocycles. The van der Waals surface area contributed by atoms with Crippen LogP contribution in [0.1, 0.15) is 15.9 Å². The lowest BCUT2D eigenvalue weighted by Gasteiger charge is -2.34. The number of nitrogens with zero attached hydrogens (tertiary/aromatic N) is 2. The SMILES string of the molecule is O=C(/C=C/c1ccc(Br)cc1)N1CCN(C(=O)c2ccc3c(c2)OC(F)(F)O3)CC1. The van der Waals surface area contributed by atoms with Crippen LogP contribution in [0.5, 0.6) is 11.5 Å². The fraction of sp³-hybridized carbons (Fsp3) is 0.238. The molecule has 0 N–H and O–H groups in total. The summed E-state index contributed by atoms with van der Waals surface area (Å²) in [5.74, 6) is -0.716. The highest BCUT2D eigenvalue weighted by atomic mass is 79.9. The Morgan fingerprint density at radius 1 is 0.933 bits per heavy atom. The number of benzene rings is 2. The van der Waals surface area contributed by atoms with Gasteiger partial charge in [0.05, 0.1) is 0 Å². The van der Waals surface area contributed by atoms with Crippen molar-refractivity contribution in [2.45, 2.75) is 6.29 Å². The highest BCUT2D eigenvalue weighted by molar-refractivity contribution is 9.10. The van der Waals surface area contributed by atoms with Gasteiger partial charge in [-0.05, 0) is 42.0 Å². The molecule has 0 radical (unpaired) electrons. The lowest BCUT2D eigenvalue weighted by molar-refractivity contribution is -0.286. The molecule has 0 unspecified atom stereocenters. The van der Waals surface area contributed by atoms with Crippen LogP contribution in [0.15, 0.2) is 53.0 Å². The average Bonchev–Trinajstić information content (AvgIpc) is 3.05. The van der Waals surface area contributed by atoms with Gasteiger partial charge in [0.25, 0.3) is 5.91 Å². The lowest BCUT2D eigenvalue weighted by Crippen LogP contribution is -2.50. The predicted octanol–water partition coefficient (Wildman–Crippen LogP) is 3.77. The zero-order valence-corrected chi connectivity index (χ0v) is 17.3. The van der Waals surface area contributed by atoms with E-state index in [2.05, 4.69) is 25.4 Å². The third-order valence-corrected chi connectivity index (χ3v) is 5.34. The number of alkyl halides is 2. The Balaban J connectivity index is 1.34. The van der Waals surface area contributed by atoms with Crippen molar-refractivity contribution in [3.8, 4) is 11.5 Å². The van der Waals surface area contributed by atoms with E-state index < -0.39 is 6.29 Å². The number of ether oxygens (including phenoxy) is 2. The van der Waals surface area contributed by atoms with Gasteiger partial charge in [0.15, 0.2) is 11.5 Å². The number of hydrogen-bond donors (Lipinski definition) is 0. The normalized spacial score (nSPS) is 17.4. The molecule has 4 rings (SSSR count). The van der Waals surface area contributed by atoms with Crippen molar-refractivity contribution in [3.05, 3.63) is 64.1 Å². The Kier molecular flexibility index (Phi) is 5.46. The molecule has 156 valence electrons. The minimum Gasteiger partial charge on any atom is -0.395 e. The summed E-state index contributed by atoms with van der Waals surface area (Å²) < 4.78 is 36.0. The van der Waals surface area contributed by atoms with Crippen molar-refractivity contribution >= 4 is 33.8 Å². The summed E-state index contributed by atoms with van der Waals surface area (Å²) in [5.41, 5.74) is 1.14. The maximum Gasteiger partial charge on any atom is 0.586 e. The van der Waals surface area contributed by atoms with Crippen molar-refractivity contribution in [2.75, 3.05) is 26.2 Å². The largest absolute Gasteiger partial charge is 0.586 e. The molecule has 2 amide bonds. The second-order valence-electron chi connectivity index (χ2n) is 6.83. The molecule has 2 aromatic rings. The highest BCUT2D eigenvalue weighted by Gasteiger charge is 2.43. The first-order valence-electron chi connectivity index (χ1n) is 9.22. The molecule has 0 saturated carbocycles. The molecule has 2 heterocycles. The van der Waals surface area contributed by atoms with E-state index in [1.54, 1.807) is 15.9 Å². The Morgan fingerprint density at radius 2 is 1.57 bits per heavy atom. The monoisotopic (exact) mass is 478 g/mol. The number of amides is 2. The van der Waals surface area contributed by atoms with Crippen molar-refractivity contribution in [3.63, 3.8) is 0 Å². The van der Waals surface area contributed by atoms with Crippen LogP contribution < -0.4 is 9.47 Å². The van der Waals surface area contributed by atoms with Crippen LogP contribution in [0.3, 0.4) is 0 Å². The second-order valence-corrected chi connectivity index (χ2v) is 7.75. The summed E-state index contributed by atoms with van der Waals surface area (Å²) in [4.78, 5) is 28.3. The molecule has 1 fully saturated rings. The van der Waals surface area contributed by atoms with E-state index in [-0.39, 0.29) is 28.9 Å². The highest BCUT2D eigenvalue weighted by Crippen LogP contribution is 2.41. The molecule has 9 heteroatoms. The number of hydrogen-bond acceptors (Lipinski definition) is 4. The fourth-order valence-corrected chi connectivity index (χ4v) is 3.51. The van der Waals surface area contributed by atoms with Crippen molar-refractivity contribution < 1.29 is 27.8 Å². The quantitative estimate of drug-likeness (QED) is 0.630. The van der Waals surface area contributed by atoms with E-state index >= 15 is 0 Å². The second kappa shape index (κ2) is 8.06. The summed E-state index contributed by atoms with van der Waals surface area (Å²) in [6, 6.07) is 11.5. The smallest absolute Gasteiger partial charge is 0.395 e. The van der Waals surface area contributed by atoms with Crippen LogP contribution in [0.2, 0.25) is 0 Å². The van der Waals surface area contributed by atoms with Gasteiger partial charge in [-0.3, -0.25) is 9.59 Å². The summed E-state index contributed by atoms with van der Waals surface area (Å²) >= 11 is 3.36. The minimum atomic E-state index is -3.72. The lowest BCUT2D eigenvalue weighted by atomic mass is 10.1. The zero-order valence-electron chi connectivity index (χ0n) is 15.7. The first-order chi connectivity index (χ1) is 14.3. The summed E-state index contributed by atoms with van der Waals surface area (Å²) in [5, 5.41) is 0. The maximum absolute atomic E-state index is 13.1. The summed E-state index contributed by atoms with van der Waals surface area (Å²) in [7, 11) is 0. The van der Waals surface area contributed by atoms with Gasteiger partial charge in [0.2, 0.25) is 5.91 Å². The topological polar surface area (TPSA) is 59.1 Å². The number of rotatable bonds is 3. The molecule has 0 aliphatic carbocycles. The first kappa shape index (κ1) is 20.3. The molecule has 0 spiro atoms. The Morgan fingerprint density at radius 3 is 2.27 bits per heavy atom. The number of fused-ring (bicyclic) bond motifs is 1.